The van der Waals surface area contributed by atoms with Crippen LogP contribution < -0.4 is 10.6 Å². The number of pyridine rings is 1. The quantitative estimate of drug-likeness (QED) is 0.721. The molecule has 0 unspecified atom stereocenters. The second-order valence-corrected chi connectivity index (χ2v) is 5.11. The molecule has 0 saturated heterocycles. The van der Waals surface area contributed by atoms with E-state index < -0.39 is 12.2 Å². The van der Waals surface area contributed by atoms with Crippen molar-refractivity contribution in [3.05, 3.63) is 65.5 Å². The standard InChI is InChI=1S/C20H17N3O4/c24-19(25)21-12-5-9-18-11-10-16(14-23-18)8-4-13-22-20(26)27-15-17-6-2-1-3-7-17/h1-3,6-7,10-11,14,21H,12-13,15H2,(H,22,26)(H,24,25). The summed E-state index contributed by atoms with van der Waals surface area (Å²) in [6, 6.07) is 12.8. The molecule has 0 aliphatic carbocycles. The second kappa shape index (κ2) is 10.8. The van der Waals surface area contributed by atoms with Gasteiger partial charge in [-0.15, -0.1) is 0 Å². The van der Waals surface area contributed by atoms with Crippen molar-refractivity contribution in [1.82, 2.24) is 15.6 Å². The molecule has 2 aromatic rings. The number of nitrogens with zero attached hydrogens (tertiary/aromatic N) is 1. The van der Waals surface area contributed by atoms with Gasteiger partial charge in [-0.2, -0.15) is 0 Å². The van der Waals surface area contributed by atoms with Gasteiger partial charge in [0.1, 0.15) is 12.3 Å². The number of carbonyl (C=O) groups is 2. The monoisotopic (exact) mass is 363 g/mol. The summed E-state index contributed by atoms with van der Waals surface area (Å²) in [5.74, 6) is 11.0. The second-order valence-electron chi connectivity index (χ2n) is 5.11. The van der Waals surface area contributed by atoms with Gasteiger partial charge in [0.25, 0.3) is 0 Å². The summed E-state index contributed by atoms with van der Waals surface area (Å²) >= 11 is 0. The van der Waals surface area contributed by atoms with Crippen molar-refractivity contribution < 1.29 is 19.4 Å². The molecule has 2 rings (SSSR count). The third-order valence-corrected chi connectivity index (χ3v) is 3.07. The Morgan fingerprint density at radius 1 is 1.00 bits per heavy atom. The van der Waals surface area contributed by atoms with Crippen LogP contribution in [-0.4, -0.2) is 35.4 Å². The zero-order chi connectivity index (χ0) is 19.3. The van der Waals surface area contributed by atoms with Gasteiger partial charge in [-0.1, -0.05) is 48.1 Å². The van der Waals surface area contributed by atoms with Gasteiger partial charge >= 0.3 is 12.2 Å². The number of hydrogen-bond donors (Lipinski definition) is 3. The Morgan fingerprint density at radius 2 is 1.74 bits per heavy atom. The van der Waals surface area contributed by atoms with Gasteiger partial charge in [-0.05, 0) is 23.6 Å². The van der Waals surface area contributed by atoms with E-state index in [1.54, 1.807) is 18.3 Å². The van der Waals surface area contributed by atoms with Crippen molar-refractivity contribution in [2.45, 2.75) is 6.61 Å². The van der Waals surface area contributed by atoms with Crippen molar-refractivity contribution in [2.75, 3.05) is 13.1 Å². The summed E-state index contributed by atoms with van der Waals surface area (Å²) in [4.78, 5) is 26.0. The highest BCUT2D eigenvalue weighted by atomic mass is 16.5. The zero-order valence-electron chi connectivity index (χ0n) is 14.4. The highest BCUT2D eigenvalue weighted by Crippen LogP contribution is 2.00. The summed E-state index contributed by atoms with van der Waals surface area (Å²) in [5, 5.41) is 13.1. The number of hydrogen-bond acceptors (Lipinski definition) is 4. The fraction of sp³-hybridized carbons (Fsp3) is 0.150. The first kappa shape index (κ1) is 19.4. The third kappa shape index (κ3) is 8.10. The number of carboxylic acid groups (broad SMARTS) is 1. The van der Waals surface area contributed by atoms with E-state index in [0.717, 1.165) is 5.56 Å². The number of ether oxygens (including phenoxy) is 1. The Bertz CT molecular complexity index is 888. The molecule has 1 aromatic heterocycles. The number of alkyl carbamates (subject to hydrolysis) is 1. The minimum atomic E-state index is -1.12. The van der Waals surface area contributed by atoms with Crippen LogP contribution in [-0.2, 0) is 11.3 Å². The van der Waals surface area contributed by atoms with E-state index in [-0.39, 0.29) is 19.7 Å². The maximum absolute atomic E-state index is 11.6. The minimum Gasteiger partial charge on any atom is -0.465 e. The van der Waals surface area contributed by atoms with Crippen LogP contribution in [0.2, 0.25) is 0 Å². The number of carbonyl (C=O) groups excluding carboxylic acids is 1. The van der Waals surface area contributed by atoms with Gasteiger partial charge in [0.05, 0.1) is 13.1 Å². The van der Waals surface area contributed by atoms with Gasteiger partial charge in [-0.3, -0.25) is 0 Å². The largest absolute Gasteiger partial charge is 0.465 e. The Balaban J connectivity index is 1.72. The lowest BCUT2D eigenvalue weighted by Gasteiger charge is -2.04. The lowest BCUT2D eigenvalue weighted by Crippen LogP contribution is -2.24. The first-order valence-corrected chi connectivity index (χ1v) is 7.98. The Kier molecular flexibility index (Phi) is 7.75. The van der Waals surface area contributed by atoms with E-state index in [9.17, 15) is 9.59 Å². The molecule has 2 amide bonds. The first-order valence-electron chi connectivity index (χ1n) is 7.98. The molecule has 0 aliphatic rings. The summed E-state index contributed by atoms with van der Waals surface area (Å²) in [6.45, 7) is 0.384. The summed E-state index contributed by atoms with van der Waals surface area (Å²) in [6.07, 6.45) is -0.109. The van der Waals surface area contributed by atoms with Crippen molar-refractivity contribution in [3.63, 3.8) is 0 Å². The third-order valence-electron chi connectivity index (χ3n) is 3.07. The van der Waals surface area contributed by atoms with E-state index in [1.807, 2.05) is 30.3 Å². The van der Waals surface area contributed by atoms with Crippen LogP contribution in [0.5, 0.6) is 0 Å². The van der Waals surface area contributed by atoms with Gasteiger partial charge < -0.3 is 20.5 Å². The molecule has 0 radical (unpaired) electrons. The number of rotatable bonds is 4. The maximum atomic E-state index is 11.6. The molecule has 0 aliphatic heterocycles. The lowest BCUT2D eigenvalue weighted by molar-refractivity contribution is 0.141. The van der Waals surface area contributed by atoms with Crippen LogP contribution in [0.4, 0.5) is 9.59 Å². The number of aromatic nitrogens is 1. The van der Waals surface area contributed by atoms with Crippen molar-refractivity contribution >= 4 is 12.2 Å². The molecule has 0 spiro atoms. The van der Waals surface area contributed by atoms with Gasteiger partial charge in [0.15, 0.2) is 0 Å². The summed E-state index contributed by atoms with van der Waals surface area (Å²) in [5.41, 5.74) is 2.09. The Hall–Kier alpha value is -3.97. The molecule has 0 saturated carbocycles. The van der Waals surface area contributed by atoms with Crippen molar-refractivity contribution in [2.24, 2.45) is 0 Å². The number of amides is 2. The first-order chi connectivity index (χ1) is 13.1. The minimum absolute atomic E-state index is 0.0324. The SMILES string of the molecule is O=C(O)NCC#Cc1ccc(C#CCNC(=O)OCc2ccccc2)cn1. The predicted molar refractivity (Wildman–Crippen MR) is 98.7 cm³/mol. The normalized spacial score (nSPS) is 9.04. The molecule has 136 valence electrons. The van der Waals surface area contributed by atoms with Crippen LogP contribution in [0.15, 0.2) is 48.7 Å². The van der Waals surface area contributed by atoms with Gasteiger partial charge in [0.2, 0.25) is 0 Å². The van der Waals surface area contributed by atoms with E-state index in [4.69, 9.17) is 9.84 Å². The molecular formula is C20H17N3O4. The van der Waals surface area contributed by atoms with Crippen LogP contribution in [0.3, 0.4) is 0 Å². The van der Waals surface area contributed by atoms with Crippen LogP contribution >= 0.6 is 0 Å². The summed E-state index contributed by atoms with van der Waals surface area (Å²) in [7, 11) is 0. The molecule has 27 heavy (non-hydrogen) atoms. The zero-order valence-corrected chi connectivity index (χ0v) is 14.4. The maximum Gasteiger partial charge on any atom is 0.408 e. The Labute approximate surface area is 156 Å². The van der Waals surface area contributed by atoms with E-state index >= 15 is 0 Å². The highest BCUT2D eigenvalue weighted by molar-refractivity contribution is 5.67. The van der Waals surface area contributed by atoms with Crippen LogP contribution in [0.25, 0.3) is 0 Å². The highest BCUT2D eigenvalue weighted by Gasteiger charge is 2.00. The molecule has 0 bridgehead atoms. The molecule has 0 atom stereocenters. The molecule has 1 heterocycles. The lowest BCUT2D eigenvalue weighted by atomic mass is 10.2. The predicted octanol–water partition coefficient (Wildman–Crippen LogP) is 1.98. The van der Waals surface area contributed by atoms with Gasteiger partial charge in [0, 0.05) is 11.8 Å². The van der Waals surface area contributed by atoms with Crippen LogP contribution in [0, 0.1) is 23.7 Å². The summed E-state index contributed by atoms with van der Waals surface area (Å²) < 4.78 is 5.07. The van der Waals surface area contributed by atoms with Crippen LogP contribution in [0.1, 0.15) is 16.8 Å². The van der Waals surface area contributed by atoms with E-state index in [1.165, 1.54) is 0 Å². The van der Waals surface area contributed by atoms with E-state index in [0.29, 0.717) is 11.3 Å². The fourth-order valence-corrected chi connectivity index (χ4v) is 1.83. The molecule has 1 aromatic carbocycles. The van der Waals surface area contributed by atoms with E-state index in [2.05, 4.69) is 39.3 Å². The van der Waals surface area contributed by atoms with Crippen molar-refractivity contribution in [1.29, 1.82) is 0 Å². The molecule has 0 fully saturated rings. The molecular weight excluding hydrogens is 346 g/mol. The Morgan fingerprint density at radius 3 is 2.44 bits per heavy atom. The number of nitrogens with one attached hydrogen (secondary N) is 2. The topological polar surface area (TPSA) is 101 Å². The number of benzene rings is 1. The van der Waals surface area contributed by atoms with Gasteiger partial charge in [-0.25, -0.2) is 14.6 Å². The molecule has 7 heteroatoms. The fourth-order valence-electron chi connectivity index (χ4n) is 1.83. The average Bonchev–Trinajstić information content (AvgIpc) is 2.68. The molecule has 3 N–H and O–H groups in total. The molecule has 7 nitrogen and oxygen atoms in total. The van der Waals surface area contributed by atoms with Crippen molar-refractivity contribution in [3.8, 4) is 23.7 Å². The smallest absolute Gasteiger partial charge is 0.408 e. The average molecular weight is 363 g/mol.